The van der Waals surface area contributed by atoms with E-state index in [1.54, 1.807) is 0 Å². The second-order valence-corrected chi connectivity index (χ2v) is 7.35. The standard InChI is InChI=1S/C13H19BrN2OS/c1-10(15)8-11-2-3-13(12(14)9-11)16-4-6-18(17)7-5-16/h2-3,9-10H,4-8,15H2,1H3. The first kappa shape index (κ1) is 14.0. The Morgan fingerprint density at radius 1 is 1.44 bits per heavy atom. The first-order valence-electron chi connectivity index (χ1n) is 6.20. The average Bonchev–Trinajstić information content (AvgIpc) is 2.30. The van der Waals surface area contributed by atoms with E-state index in [2.05, 4.69) is 39.0 Å². The topological polar surface area (TPSA) is 46.3 Å². The van der Waals surface area contributed by atoms with E-state index in [1.165, 1.54) is 11.3 Å². The first-order chi connectivity index (χ1) is 8.56. The second kappa shape index (κ2) is 6.17. The minimum Gasteiger partial charge on any atom is -0.369 e. The number of nitrogens with zero attached hydrogens (tertiary/aromatic N) is 1. The minimum absolute atomic E-state index is 0.181. The molecule has 0 aliphatic carbocycles. The van der Waals surface area contributed by atoms with Crippen LogP contribution in [-0.4, -0.2) is 34.8 Å². The number of halogens is 1. The maximum Gasteiger partial charge on any atom is 0.0511 e. The third-order valence-electron chi connectivity index (χ3n) is 3.09. The smallest absolute Gasteiger partial charge is 0.0511 e. The largest absolute Gasteiger partial charge is 0.369 e. The molecule has 3 nitrogen and oxygen atoms in total. The lowest BCUT2D eigenvalue weighted by Crippen LogP contribution is -2.37. The molecule has 1 aromatic carbocycles. The summed E-state index contributed by atoms with van der Waals surface area (Å²) in [6.07, 6.45) is 0.892. The van der Waals surface area contributed by atoms with Crippen LogP contribution in [0.1, 0.15) is 12.5 Å². The Kier molecular flexibility index (Phi) is 4.81. The van der Waals surface area contributed by atoms with Gasteiger partial charge in [-0.3, -0.25) is 4.21 Å². The minimum atomic E-state index is -0.627. The van der Waals surface area contributed by atoms with Crippen molar-refractivity contribution in [3.8, 4) is 0 Å². The molecule has 2 N–H and O–H groups in total. The van der Waals surface area contributed by atoms with Gasteiger partial charge in [-0.15, -0.1) is 0 Å². The van der Waals surface area contributed by atoms with Crippen LogP contribution in [0.4, 0.5) is 5.69 Å². The van der Waals surface area contributed by atoms with Gasteiger partial charge in [-0.05, 0) is 47.0 Å². The van der Waals surface area contributed by atoms with Gasteiger partial charge in [0.15, 0.2) is 0 Å². The number of rotatable bonds is 3. The molecule has 2 rings (SSSR count). The molecule has 0 spiro atoms. The van der Waals surface area contributed by atoms with Crippen LogP contribution in [0.3, 0.4) is 0 Å². The molecule has 1 unspecified atom stereocenters. The molecule has 1 fully saturated rings. The predicted octanol–water partition coefficient (Wildman–Crippen LogP) is 1.91. The normalized spacial score (nSPS) is 18.9. The van der Waals surface area contributed by atoms with E-state index in [0.29, 0.717) is 0 Å². The van der Waals surface area contributed by atoms with Crippen molar-refractivity contribution >= 4 is 32.4 Å². The summed E-state index contributed by atoms with van der Waals surface area (Å²) in [5, 5.41) is 0. The SMILES string of the molecule is CC(N)Cc1ccc(N2CCS(=O)CC2)c(Br)c1. The van der Waals surface area contributed by atoms with Crippen molar-refractivity contribution < 1.29 is 4.21 Å². The molecule has 18 heavy (non-hydrogen) atoms. The molecule has 1 aromatic rings. The fourth-order valence-corrected chi connectivity index (χ4v) is 3.91. The monoisotopic (exact) mass is 330 g/mol. The van der Waals surface area contributed by atoms with E-state index >= 15 is 0 Å². The highest BCUT2D eigenvalue weighted by Gasteiger charge is 2.17. The van der Waals surface area contributed by atoms with Gasteiger partial charge in [-0.25, -0.2) is 0 Å². The van der Waals surface area contributed by atoms with Crippen molar-refractivity contribution in [2.45, 2.75) is 19.4 Å². The summed E-state index contributed by atoms with van der Waals surface area (Å²) < 4.78 is 12.5. The number of nitrogens with two attached hydrogens (primary N) is 1. The fourth-order valence-electron chi connectivity index (χ4n) is 2.18. The average molecular weight is 331 g/mol. The van der Waals surface area contributed by atoms with Gasteiger partial charge < -0.3 is 10.6 Å². The maximum absolute atomic E-state index is 11.4. The Bertz CT molecular complexity index is 441. The van der Waals surface area contributed by atoms with Gasteiger partial charge in [0, 0.05) is 45.9 Å². The summed E-state index contributed by atoms with van der Waals surface area (Å²) in [4.78, 5) is 2.29. The van der Waals surface area contributed by atoms with Crippen molar-refractivity contribution in [2.75, 3.05) is 29.5 Å². The highest BCUT2D eigenvalue weighted by atomic mass is 79.9. The first-order valence-corrected chi connectivity index (χ1v) is 8.48. The lowest BCUT2D eigenvalue weighted by Gasteiger charge is -2.29. The summed E-state index contributed by atoms with van der Waals surface area (Å²) >= 11 is 3.63. The van der Waals surface area contributed by atoms with Gasteiger partial charge in [0.25, 0.3) is 0 Å². The van der Waals surface area contributed by atoms with Crippen LogP contribution in [0.15, 0.2) is 22.7 Å². The van der Waals surface area contributed by atoms with Gasteiger partial charge in [-0.1, -0.05) is 6.07 Å². The summed E-state index contributed by atoms with van der Waals surface area (Å²) in [6.45, 7) is 3.76. The van der Waals surface area contributed by atoms with Crippen LogP contribution in [0.25, 0.3) is 0 Å². The fraction of sp³-hybridized carbons (Fsp3) is 0.538. The lowest BCUT2D eigenvalue weighted by molar-refractivity contribution is 0.673. The molecule has 1 saturated heterocycles. The van der Waals surface area contributed by atoms with Gasteiger partial charge in [0.1, 0.15) is 0 Å². The molecule has 0 aromatic heterocycles. The highest BCUT2D eigenvalue weighted by molar-refractivity contribution is 9.10. The molecule has 1 atom stereocenters. The van der Waals surface area contributed by atoms with Gasteiger partial charge in [-0.2, -0.15) is 0 Å². The molecule has 0 amide bonds. The maximum atomic E-state index is 11.4. The van der Waals surface area contributed by atoms with E-state index in [-0.39, 0.29) is 6.04 Å². The van der Waals surface area contributed by atoms with E-state index in [0.717, 1.165) is 35.5 Å². The molecule has 1 aliphatic heterocycles. The summed E-state index contributed by atoms with van der Waals surface area (Å²) in [7, 11) is -0.627. The Balaban J connectivity index is 2.12. The molecule has 100 valence electrons. The van der Waals surface area contributed by atoms with Gasteiger partial charge >= 0.3 is 0 Å². The molecule has 5 heteroatoms. The van der Waals surface area contributed by atoms with Crippen molar-refractivity contribution in [1.82, 2.24) is 0 Å². The van der Waals surface area contributed by atoms with Crippen molar-refractivity contribution in [2.24, 2.45) is 5.73 Å². The summed E-state index contributed by atoms with van der Waals surface area (Å²) in [6, 6.07) is 6.59. The van der Waals surface area contributed by atoms with Crippen molar-refractivity contribution in [1.29, 1.82) is 0 Å². The molecule has 0 radical (unpaired) electrons. The molecular formula is C13H19BrN2OS. The zero-order chi connectivity index (χ0) is 13.1. The second-order valence-electron chi connectivity index (χ2n) is 4.80. The van der Waals surface area contributed by atoms with Crippen LogP contribution in [0, 0.1) is 0 Å². The third-order valence-corrected chi connectivity index (χ3v) is 5.00. The Hall–Kier alpha value is -0.390. The molecular weight excluding hydrogens is 312 g/mol. The van der Waals surface area contributed by atoms with Crippen LogP contribution < -0.4 is 10.6 Å². The number of benzene rings is 1. The Labute approximate surface area is 119 Å². The quantitative estimate of drug-likeness (QED) is 0.920. The number of hydrogen-bond donors (Lipinski definition) is 1. The van der Waals surface area contributed by atoms with Crippen molar-refractivity contribution in [3.05, 3.63) is 28.2 Å². The molecule has 0 bridgehead atoms. The zero-order valence-corrected chi connectivity index (χ0v) is 13.0. The zero-order valence-electron chi connectivity index (χ0n) is 10.6. The Morgan fingerprint density at radius 3 is 2.67 bits per heavy atom. The van der Waals surface area contributed by atoms with Crippen LogP contribution in [-0.2, 0) is 17.2 Å². The van der Waals surface area contributed by atoms with Gasteiger partial charge in [0.05, 0.1) is 5.69 Å². The van der Waals surface area contributed by atoms with Crippen molar-refractivity contribution in [3.63, 3.8) is 0 Å². The number of anilines is 1. The van der Waals surface area contributed by atoms with E-state index in [9.17, 15) is 4.21 Å². The molecule has 1 aliphatic rings. The lowest BCUT2D eigenvalue weighted by atomic mass is 10.1. The summed E-state index contributed by atoms with van der Waals surface area (Å²) in [5.74, 6) is 1.54. The van der Waals surface area contributed by atoms with E-state index in [4.69, 9.17) is 5.73 Å². The van der Waals surface area contributed by atoms with Crippen LogP contribution >= 0.6 is 15.9 Å². The predicted molar refractivity (Wildman–Crippen MR) is 81.6 cm³/mol. The summed E-state index contributed by atoms with van der Waals surface area (Å²) in [5.41, 5.74) is 8.26. The van der Waals surface area contributed by atoms with E-state index < -0.39 is 10.8 Å². The Morgan fingerprint density at radius 2 is 2.11 bits per heavy atom. The van der Waals surface area contributed by atoms with Crippen LogP contribution in [0.2, 0.25) is 0 Å². The van der Waals surface area contributed by atoms with Crippen LogP contribution in [0.5, 0.6) is 0 Å². The molecule has 1 heterocycles. The van der Waals surface area contributed by atoms with E-state index in [1.807, 2.05) is 6.92 Å². The molecule has 0 saturated carbocycles. The highest BCUT2D eigenvalue weighted by Crippen LogP contribution is 2.28. The number of hydrogen-bond acceptors (Lipinski definition) is 3. The third kappa shape index (κ3) is 3.56. The van der Waals surface area contributed by atoms with Gasteiger partial charge in [0.2, 0.25) is 0 Å².